The normalized spacial score (nSPS) is 13.1. The van der Waals surface area contributed by atoms with Crippen LogP contribution < -0.4 is 5.48 Å². The van der Waals surface area contributed by atoms with Gasteiger partial charge in [-0.15, -0.1) is 0 Å². The topological polar surface area (TPSA) is 21.3 Å². The van der Waals surface area contributed by atoms with Gasteiger partial charge in [0.05, 0.1) is 12.6 Å². The molecule has 0 aliphatic rings. The number of nitrogens with one attached hydrogen (secondary N) is 1. The fourth-order valence-electron chi connectivity index (χ4n) is 1.23. The molecule has 0 radical (unpaired) electrons. The molecule has 0 aliphatic heterocycles. The fraction of sp³-hybridized carbons (Fsp3) is 0.500. The second-order valence-corrected chi connectivity index (χ2v) is 4.92. The standard InChI is InChI=1S/C12H18BrNO/c1-9(2)8-15-14-10(3)11-6-4-5-7-12(11)13/h4-7,9-10,14H,8H2,1-3H3. The van der Waals surface area contributed by atoms with Gasteiger partial charge in [-0.05, 0) is 24.5 Å². The van der Waals surface area contributed by atoms with Gasteiger partial charge in [0.1, 0.15) is 0 Å². The van der Waals surface area contributed by atoms with Gasteiger partial charge in [-0.1, -0.05) is 48.0 Å². The van der Waals surface area contributed by atoms with Gasteiger partial charge in [-0.25, -0.2) is 0 Å². The lowest BCUT2D eigenvalue weighted by molar-refractivity contribution is 0.00396. The molecule has 1 N–H and O–H groups in total. The lowest BCUT2D eigenvalue weighted by Gasteiger charge is -2.16. The van der Waals surface area contributed by atoms with E-state index >= 15 is 0 Å². The van der Waals surface area contributed by atoms with Crippen LogP contribution in [0.2, 0.25) is 0 Å². The van der Waals surface area contributed by atoms with E-state index in [-0.39, 0.29) is 6.04 Å². The number of rotatable bonds is 5. The van der Waals surface area contributed by atoms with Gasteiger partial charge >= 0.3 is 0 Å². The Balaban J connectivity index is 2.47. The van der Waals surface area contributed by atoms with Crippen LogP contribution in [-0.2, 0) is 4.84 Å². The van der Waals surface area contributed by atoms with Gasteiger partial charge in [0.2, 0.25) is 0 Å². The predicted molar refractivity (Wildman–Crippen MR) is 66.5 cm³/mol. The van der Waals surface area contributed by atoms with Crippen molar-refractivity contribution in [2.45, 2.75) is 26.8 Å². The zero-order valence-electron chi connectivity index (χ0n) is 9.46. The number of hydrogen-bond acceptors (Lipinski definition) is 2. The summed E-state index contributed by atoms with van der Waals surface area (Å²) in [4.78, 5) is 5.40. The summed E-state index contributed by atoms with van der Waals surface area (Å²) in [6.07, 6.45) is 0. The van der Waals surface area contributed by atoms with Crippen LogP contribution in [-0.4, -0.2) is 6.61 Å². The van der Waals surface area contributed by atoms with Crippen LogP contribution in [0.5, 0.6) is 0 Å². The maximum Gasteiger partial charge on any atom is 0.0705 e. The Morgan fingerprint density at radius 3 is 2.53 bits per heavy atom. The number of hydroxylamine groups is 1. The van der Waals surface area contributed by atoms with Gasteiger partial charge < -0.3 is 4.84 Å². The molecule has 0 fully saturated rings. The summed E-state index contributed by atoms with van der Waals surface area (Å²) in [7, 11) is 0. The summed E-state index contributed by atoms with van der Waals surface area (Å²) >= 11 is 3.52. The van der Waals surface area contributed by atoms with Gasteiger partial charge in [0.25, 0.3) is 0 Å². The molecule has 3 heteroatoms. The first kappa shape index (κ1) is 12.7. The van der Waals surface area contributed by atoms with Crippen molar-refractivity contribution in [2.24, 2.45) is 5.92 Å². The van der Waals surface area contributed by atoms with E-state index in [0.717, 1.165) is 11.1 Å². The molecule has 0 bridgehead atoms. The van der Waals surface area contributed by atoms with Crippen molar-refractivity contribution in [2.75, 3.05) is 6.61 Å². The zero-order chi connectivity index (χ0) is 11.3. The van der Waals surface area contributed by atoms with Crippen LogP contribution in [0.4, 0.5) is 0 Å². The molecule has 0 spiro atoms. The average Bonchev–Trinajstić information content (AvgIpc) is 2.17. The molecule has 0 aliphatic carbocycles. The first-order valence-corrected chi connectivity index (χ1v) is 6.02. The molecule has 15 heavy (non-hydrogen) atoms. The van der Waals surface area contributed by atoms with Crippen molar-refractivity contribution in [1.29, 1.82) is 0 Å². The number of benzene rings is 1. The Morgan fingerprint density at radius 2 is 1.93 bits per heavy atom. The van der Waals surface area contributed by atoms with Crippen molar-refractivity contribution >= 4 is 15.9 Å². The molecule has 0 aromatic heterocycles. The second-order valence-electron chi connectivity index (χ2n) is 4.07. The van der Waals surface area contributed by atoms with Crippen LogP contribution >= 0.6 is 15.9 Å². The van der Waals surface area contributed by atoms with E-state index in [1.807, 2.05) is 18.2 Å². The van der Waals surface area contributed by atoms with E-state index in [4.69, 9.17) is 4.84 Å². The van der Waals surface area contributed by atoms with E-state index in [9.17, 15) is 0 Å². The summed E-state index contributed by atoms with van der Waals surface area (Å²) in [5, 5.41) is 0. The number of halogens is 1. The molecule has 0 heterocycles. The molecule has 2 nitrogen and oxygen atoms in total. The molecule has 1 unspecified atom stereocenters. The van der Waals surface area contributed by atoms with Crippen molar-refractivity contribution in [3.63, 3.8) is 0 Å². The third-order valence-electron chi connectivity index (χ3n) is 2.05. The third-order valence-corrected chi connectivity index (χ3v) is 2.77. The molecular weight excluding hydrogens is 254 g/mol. The average molecular weight is 272 g/mol. The Hall–Kier alpha value is -0.380. The maximum atomic E-state index is 5.40. The van der Waals surface area contributed by atoms with Gasteiger partial charge in [0, 0.05) is 4.47 Å². The minimum Gasteiger partial charge on any atom is -0.301 e. The van der Waals surface area contributed by atoms with Crippen LogP contribution in [0.25, 0.3) is 0 Å². The lowest BCUT2D eigenvalue weighted by atomic mass is 10.1. The van der Waals surface area contributed by atoms with Crippen LogP contribution in [0.15, 0.2) is 28.7 Å². The molecule has 1 atom stereocenters. The van der Waals surface area contributed by atoms with Gasteiger partial charge in [0.15, 0.2) is 0 Å². The molecular formula is C12H18BrNO. The molecule has 0 amide bonds. The van der Waals surface area contributed by atoms with Crippen LogP contribution in [0, 0.1) is 5.92 Å². The summed E-state index contributed by atoms with van der Waals surface area (Å²) < 4.78 is 1.11. The fourth-order valence-corrected chi connectivity index (χ4v) is 1.86. The molecule has 1 aromatic rings. The van der Waals surface area contributed by atoms with Crippen molar-refractivity contribution in [3.05, 3.63) is 34.3 Å². The quantitative estimate of drug-likeness (QED) is 0.825. The summed E-state index contributed by atoms with van der Waals surface area (Å²) in [6.45, 7) is 7.07. The molecule has 0 saturated carbocycles. The monoisotopic (exact) mass is 271 g/mol. The van der Waals surface area contributed by atoms with Crippen molar-refractivity contribution < 1.29 is 4.84 Å². The Labute approximate surface area is 100 Å². The van der Waals surface area contributed by atoms with E-state index in [1.54, 1.807) is 0 Å². The third kappa shape index (κ3) is 4.33. The minimum atomic E-state index is 0.194. The highest BCUT2D eigenvalue weighted by Gasteiger charge is 2.08. The zero-order valence-corrected chi connectivity index (χ0v) is 11.0. The van der Waals surface area contributed by atoms with Gasteiger partial charge in [-0.2, -0.15) is 5.48 Å². The highest BCUT2D eigenvalue weighted by molar-refractivity contribution is 9.10. The van der Waals surface area contributed by atoms with Crippen LogP contribution in [0.1, 0.15) is 32.4 Å². The summed E-state index contributed by atoms with van der Waals surface area (Å²) in [6, 6.07) is 8.35. The largest absolute Gasteiger partial charge is 0.301 e. The predicted octanol–water partition coefficient (Wildman–Crippen LogP) is 3.69. The molecule has 0 saturated heterocycles. The number of hydrogen-bond donors (Lipinski definition) is 1. The molecule has 1 aromatic carbocycles. The first-order chi connectivity index (χ1) is 7.11. The van der Waals surface area contributed by atoms with E-state index in [2.05, 4.69) is 48.2 Å². The highest BCUT2D eigenvalue weighted by Crippen LogP contribution is 2.22. The SMILES string of the molecule is CC(C)CONC(C)c1ccccc1Br. The second kappa shape index (κ2) is 6.26. The maximum absolute atomic E-state index is 5.40. The van der Waals surface area contributed by atoms with Crippen LogP contribution in [0.3, 0.4) is 0 Å². The Morgan fingerprint density at radius 1 is 1.27 bits per heavy atom. The lowest BCUT2D eigenvalue weighted by Crippen LogP contribution is -2.21. The van der Waals surface area contributed by atoms with E-state index < -0.39 is 0 Å². The first-order valence-electron chi connectivity index (χ1n) is 5.23. The van der Waals surface area contributed by atoms with Crippen molar-refractivity contribution in [3.8, 4) is 0 Å². The minimum absolute atomic E-state index is 0.194. The molecule has 84 valence electrons. The Kier molecular flexibility index (Phi) is 5.29. The highest BCUT2D eigenvalue weighted by atomic mass is 79.9. The van der Waals surface area contributed by atoms with E-state index in [1.165, 1.54) is 5.56 Å². The smallest absolute Gasteiger partial charge is 0.0705 e. The summed E-state index contributed by atoms with van der Waals surface area (Å²) in [5.41, 5.74) is 4.25. The van der Waals surface area contributed by atoms with E-state index in [0.29, 0.717) is 5.92 Å². The Bertz CT molecular complexity index is 301. The summed E-state index contributed by atoms with van der Waals surface area (Å²) in [5.74, 6) is 0.545. The van der Waals surface area contributed by atoms with Crippen molar-refractivity contribution in [1.82, 2.24) is 5.48 Å². The van der Waals surface area contributed by atoms with Gasteiger partial charge in [-0.3, -0.25) is 0 Å². The molecule has 1 rings (SSSR count).